The van der Waals surface area contributed by atoms with E-state index < -0.39 is 0 Å². The van der Waals surface area contributed by atoms with Crippen LogP contribution in [0.3, 0.4) is 0 Å². The van der Waals surface area contributed by atoms with Gasteiger partial charge in [-0.15, -0.1) is 0 Å². The van der Waals surface area contributed by atoms with Crippen molar-refractivity contribution in [1.29, 1.82) is 0 Å². The second kappa shape index (κ2) is 5.23. The van der Waals surface area contributed by atoms with Crippen LogP contribution in [0.15, 0.2) is 0 Å². The lowest BCUT2D eigenvalue weighted by atomic mass is 9.99. The second-order valence-electron chi connectivity index (χ2n) is 3.79. The molecule has 1 aliphatic carbocycles. The van der Waals surface area contributed by atoms with Gasteiger partial charge in [-0.2, -0.15) is 11.8 Å². The molecule has 0 bridgehead atoms. The Bertz CT molecular complexity index is 154. The summed E-state index contributed by atoms with van der Waals surface area (Å²) in [6, 6.07) is 0. The van der Waals surface area contributed by atoms with E-state index >= 15 is 0 Å². The zero-order valence-corrected chi connectivity index (χ0v) is 9.49. The molecule has 0 spiro atoms. The first-order chi connectivity index (χ1) is 6.26. The Labute approximate surface area is 85.5 Å². The third-order valence-corrected chi connectivity index (χ3v) is 4.03. The van der Waals surface area contributed by atoms with E-state index in [9.17, 15) is 5.11 Å². The fourth-order valence-electron chi connectivity index (χ4n) is 2.19. The van der Waals surface area contributed by atoms with Crippen LogP contribution in [0.1, 0.15) is 33.1 Å². The Morgan fingerprint density at radius 2 is 2.31 bits per heavy atom. The van der Waals surface area contributed by atoms with Crippen molar-refractivity contribution in [3.05, 3.63) is 0 Å². The maximum absolute atomic E-state index is 9.36. The molecule has 2 atom stereocenters. The third kappa shape index (κ3) is 2.86. The molecule has 0 aliphatic heterocycles. The number of nitrogens with one attached hydrogen (secondary N) is 1. The van der Waals surface area contributed by atoms with Gasteiger partial charge in [-0.25, -0.2) is 0 Å². The Hall–Kier alpha value is 0.270. The lowest BCUT2D eigenvalue weighted by Crippen LogP contribution is -2.46. The molecule has 1 rings (SSSR count). The molecule has 2 N–H and O–H groups in total. The number of aliphatic hydroxyl groups is 1. The van der Waals surface area contributed by atoms with Crippen molar-refractivity contribution in [3.63, 3.8) is 0 Å². The summed E-state index contributed by atoms with van der Waals surface area (Å²) in [7, 11) is 0. The highest BCUT2D eigenvalue weighted by Crippen LogP contribution is 2.36. The zero-order chi connectivity index (χ0) is 9.73. The van der Waals surface area contributed by atoms with Crippen molar-refractivity contribution < 1.29 is 5.11 Å². The van der Waals surface area contributed by atoms with Gasteiger partial charge in [0, 0.05) is 10.8 Å². The molecule has 1 aliphatic rings. The van der Waals surface area contributed by atoms with Crippen LogP contribution in [-0.4, -0.2) is 34.8 Å². The molecular weight excluding hydrogens is 182 g/mol. The minimum absolute atomic E-state index is 0.0432. The summed E-state index contributed by atoms with van der Waals surface area (Å²) in [4.78, 5) is 0. The number of rotatable bonds is 5. The van der Waals surface area contributed by atoms with Gasteiger partial charge >= 0.3 is 0 Å². The highest BCUT2D eigenvalue weighted by Gasteiger charge is 2.37. The van der Waals surface area contributed by atoms with E-state index in [-0.39, 0.29) is 5.54 Å². The minimum atomic E-state index is 0.0432. The van der Waals surface area contributed by atoms with Gasteiger partial charge in [-0.3, -0.25) is 0 Å². The molecule has 3 heteroatoms. The van der Waals surface area contributed by atoms with E-state index in [4.69, 9.17) is 0 Å². The molecule has 0 aromatic carbocycles. The topological polar surface area (TPSA) is 32.3 Å². The summed E-state index contributed by atoms with van der Waals surface area (Å²) in [6.07, 6.45) is 3.52. The van der Waals surface area contributed by atoms with Gasteiger partial charge < -0.3 is 10.4 Å². The number of hydrogen-bond donors (Lipinski definition) is 2. The van der Waals surface area contributed by atoms with Gasteiger partial charge in [0.25, 0.3) is 0 Å². The van der Waals surface area contributed by atoms with Crippen molar-refractivity contribution in [1.82, 2.24) is 5.32 Å². The number of likely N-dealkylation sites (N-methyl/N-ethyl adjacent to an activating group) is 1. The Morgan fingerprint density at radius 3 is 2.85 bits per heavy atom. The monoisotopic (exact) mass is 203 g/mol. The maximum atomic E-state index is 9.36. The van der Waals surface area contributed by atoms with Gasteiger partial charge in [0.2, 0.25) is 0 Å². The maximum Gasteiger partial charge on any atom is 0.0613 e. The molecule has 0 radical (unpaired) electrons. The van der Waals surface area contributed by atoms with Crippen molar-refractivity contribution in [2.45, 2.75) is 43.9 Å². The van der Waals surface area contributed by atoms with Crippen LogP contribution < -0.4 is 5.32 Å². The predicted octanol–water partition coefficient (Wildman–Crippen LogP) is 1.63. The average molecular weight is 203 g/mol. The van der Waals surface area contributed by atoms with Gasteiger partial charge in [-0.05, 0) is 31.6 Å². The Morgan fingerprint density at radius 1 is 1.54 bits per heavy atom. The highest BCUT2D eigenvalue weighted by molar-refractivity contribution is 7.99. The second-order valence-corrected chi connectivity index (χ2v) is 5.37. The van der Waals surface area contributed by atoms with E-state index in [2.05, 4.69) is 19.2 Å². The van der Waals surface area contributed by atoms with Crippen LogP contribution in [0.4, 0.5) is 0 Å². The van der Waals surface area contributed by atoms with Gasteiger partial charge in [0.1, 0.15) is 0 Å². The van der Waals surface area contributed by atoms with E-state index in [0.717, 1.165) is 24.6 Å². The van der Waals surface area contributed by atoms with Crippen LogP contribution >= 0.6 is 11.8 Å². The summed E-state index contributed by atoms with van der Waals surface area (Å²) in [6.45, 7) is 5.57. The highest BCUT2D eigenvalue weighted by atomic mass is 32.2. The molecule has 0 aromatic rings. The van der Waals surface area contributed by atoms with Gasteiger partial charge in [0.15, 0.2) is 0 Å². The summed E-state index contributed by atoms with van der Waals surface area (Å²) < 4.78 is 0. The summed E-state index contributed by atoms with van der Waals surface area (Å²) in [5.74, 6) is 1.19. The normalized spacial score (nSPS) is 33.9. The Kier molecular flexibility index (Phi) is 4.56. The largest absolute Gasteiger partial charge is 0.394 e. The SMILES string of the molecule is CCNC1(CO)CCC(SCC)C1. The molecule has 1 fully saturated rings. The number of hydrogen-bond acceptors (Lipinski definition) is 3. The van der Waals surface area contributed by atoms with Crippen LogP contribution in [0.25, 0.3) is 0 Å². The molecule has 0 aromatic heterocycles. The third-order valence-electron chi connectivity index (χ3n) is 2.82. The van der Waals surface area contributed by atoms with Crippen LogP contribution in [0, 0.1) is 0 Å². The standard InChI is InChI=1S/C10H21NOS/c1-3-11-10(8-12)6-5-9(7-10)13-4-2/h9,11-12H,3-8H2,1-2H3. The van der Waals surface area contributed by atoms with Crippen molar-refractivity contribution in [2.75, 3.05) is 18.9 Å². The molecule has 78 valence electrons. The lowest BCUT2D eigenvalue weighted by Gasteiger charge is -2.27. The Balaban J connectivity index is 2.42. The number of aliphatic hydroxyl groups excluding tert-OH is 1. The fraction of sp³-hybridized carbons (Fsp3) is 1.00. The van der Waals surface area contributed by atoms with E-state index in [0.29, 0.717) is 6.61 Å². The van der Waals surface area contributed by atoms with E-state index in [1.165, 1.54) is 12.2 Å². The van der Waals surface area contributed by atoms with Crippen molar-refractivity contribution in [2.24, 2.45) is 0 Å². The summed E-state index contributed by atoms with van der Waals surface area (Å²) in [5, 5.41) is 13.6. The molecule has 0 heterocycles. The van der Waals surface area contributed by atoms with E-state index in [1.807, 2.05) is 11.8 Å². The molecular formula is C10H21NOS. The quantitative estimate of drug-likeness (QED) is 0.712. The first-order valence-corrected chi connectivity index (χ1v) is 6.28. The fourth-order valence-corrected chi connectivity index (χ4v) is 3.38. The van der Waals surface area contributed by atoms with Crippen molar-refractivity contribution in [3.8, 4) is 0 Å². The lowest BCUT2D eigenvalue weighted by molar-refractivity contribution is 0.167. The molecule has 1 saturated carbocycles. The van der Waals surface area contributed by atoms with E-state index in [1.54, 1.807) is 0 Å². The average Bonchev–Trinajstić information content (AvgIpc) is 2.51. The van der Waals surface area contributed by atoms with Gasteiger partial charge in [-0.1, -0.05) is 13.8 Å². The first kappa shape index (κ1) is 11.3. The van der Waals surface area contributed by atoms with Gasteiger partial charge in [0.05, 0.1) is 6.61 Å². The molecule has 2 unspecified atom stereocenters. The minimum Gasteiger partial charge on any atom is -0.394 e. The molecule has 13 heavy (non-hydrogen) atoms. The number of thioether (sulfide) groups is 1. The molecule has 2 nitrogen and oxygen atoms in total. The summed E-state index contributed by atoms with van der Waals surface area (Å²) in [5.41, 5.74) is 0.0432. The van der Waals surface area contributed by atoms with Crippen LogP contribution in [0.5, 0.6) is 0 Å². The summed E-state index contributed by atoms with van der Waals surface area (Å²) >= 11 is 2.03. The smallest absolute Gasteiger partial charge is 0.0613 e. The molecule has 0 saturated heterocycles. The van der Waals surface area contributed by atoms with Crippen LogP contribution in [0.2, 0.25) is 0 Å². The zero-order valence-electron chi connectivity index (χ0n) is 8.68. The van der Waals surface area contributed by atoms with Crippen molar-refractivity contribution >= 4 is 11.8 Å². The molecule has 0 amide bonds. The van der Waals surface area contributed by atoms with Crippen LogP contribution in [-0.2, 0) is 0 Å². The predicted molar refractivity (Wildman–Crippen MR) is 59.3 cm³/mol. The first-order valence-electron chi connectivity index (χ1n) is 5.24.